The molecule has 3 nitrogen and oxygen atoms in total. The van der Waals surface area contributed by atoms with Crippen LogP contribution in [0.25, 0.3) is 0 Å². The lowest BCUT2D eigenvalue weighted by Crippen LogP contribution is -2.34. The molecule has 0 aromatic heterocycles. The maximum absolute atomic E-state index is 13.8. The van der Waals surface area contributed by atoms with Gasteiger partial charge in [-0.1, -0.05) is 6.58 Å². The van der Waals surface area contributed by atoms with E-state index in [4.69, 9.17) is 9.84 Å². The number of carboxylic acids is 1. The first-order chi connectivity index (χ1) is 8.94. The summed E-state index contributed by atoms with van der Waals surface area (Å²) in [6, 6.07) is 3.59. The summed E-state index contributed by atoms with van der Waals surface area (Å²) in [5.41, 5.74) is 0.314. The van der Waals surface area contributed by atoms with Gasteiger partial charge in [-0.25, -0.2) is 9.18 Å². The molecule has 0 saturated heterocycles. The van der Waals surface area contributed by atoms with E-state index in [1.54, 1.807) is 0 Å². The fourth-order valence-electron chi connectivity index (χ4n) is 2.49. The van der Waals surface area contributed by atoms with Crippen molar-refractivity contribution in [1.29, 1.82) is 0 Å². The molecule has 19 heavy (non-hydrogen) atoms. The van der Waals surface area contributed by atoms with Gasteiger partial charge < -0.3 is 9.84 Å². The zero-order valence-electron chi connectivity index (χ0n) is 10.9. The number of hydrogen-bond acceptors (Lipinski definition) is 2. The SMILES string of the molecule is C=C(C)C1(Oc2cc(C(=O)O)ccc2F)CCCC1. The molecule has 0 aliphatic heterocycles. The standard InChI is InChI=1S/C15H17FO3/c1-10(2)15(7-3-4-8-15)19-13-9-11(14(17)18)5-6-12(13)16/h5-6,9H,1,3-4,7-8H2,2H3,(H,17,18). The second-order valence-corrected chi connectivity index (χ2v) is 5.03. The molecule has 0 amide bonds. The lowest BCUT2D eigenvalue weighted by molar-refractivity contribution is 0.0693. The van der Waals surface area contributed by atoms with Gasteiger partial charge in [-0.05, 0) is 56.4 Å². The number of rotatable bonds is 4. The first-order valence-electron chi connectivity index (χ1n) is 6.32. The van der Waals surface area contributed by atoms with Crippen molar-refractivity contribution < 1.29 is 19.0 Å². The van der Waals surface area contributed by atoms with E-state index in [1.807, 2.05) is 6.92 Å². The maximum atomic E-state index is 13.8. The van der Waals surface area contributed by atoms with Crippen molar-refractivity contribution >= 4 is 5.97 Å². The Morgan fingerprint density at radius 1 is 1.42 bits per heavy atom. The molecule has 1 N–H and O–H groups in total. The van der Waals surface area contributed by atoms with Gasteiger partial charge in [-0.2, -0.15) is 0 Å². The molecule has 0 bridgehead atoms. The van der Waals surface area contributed by atoms with Crippen molar-refractivity contribution in [2.45, 2.75) is 38.2 Å². The average Bonchev–Trinajstić information content (AvgIpc) is 2.81. The Bertz CT molecular complexity index is 516. The number of benzene rings is 1. The van der Waals surface area contributed by atoms with E-state index in [0.29, 0.717) is 0 Å². The molecule has 0 heterocycles. The molecule has 1 aromatic rings. The second-order valence-electron chi connectivity index (χ2n) is 5.03. The molecule has 0 atom stereocenters. The number of carboxylic acid groups (broad SMARTS) is 1. The minimum atomic E-state index is -1.10. The van der Waals surface area contributed by atoms with Gasteiger partial charge in [0.2, 0.25) is 0 Å². The van der Waals surface area contributed by atoms with Crippen LogP contribution in [-0.2, 0) is 0 Å². The Hall–Kier alpha value is -1.84. The van der Waals surface area contributed by atoms with Gasteiger partial charge >= 0.3 is 5.97 Å². The van der Waals surface area contributed by atoms with E-state index < -0.39 is 17.4 Å². The maximum Gasteiger partial charge on any atom is 0.335 e. The van der Waals surface area contributed by atoms with Crippen LogP contribution in [0, 0.1) is 5.82 Å². The van der Waals surface area contributed by atoms with E-state index in [-0.39, 0.29) is 11.3 Å². The van der Waals surface area contributed by atoms with Crippen molar-refractivity contribution in [3.8, 4) is 5.75 Å². The van der Waals surface area contributed by atoms with Crippen LogP contribution in [0.2, 0.25) is 0 Å². The number of halogens is 1. The lowest BCUT2D eigenvalue weighted by Gasteiger charge is -2.31. The molecule has 0 radical (unpaired) electrons. The van der Waals surface area contributed by atoms with Crippen molar-refractivity contribution in [3.63, 3.8) is 0 Å². The highest BCUT2D eigenvalue weighted by Gasteiger charge is 2.37. The number of ether oxygens (including phenoxy) is 1. The van der Waals surface area contributed by atoms with Crippen LogP contribution in [0.15, 0.2) is 30.4 Å². The van der Waals surface area contributed by atoms with E-state index in [9.17, 15) is 9.18 Å². The largest absolute Gasteiger partial charge is 0.480 e. The molecule has 2 rings (SSSR count). The third-order valence-corrected chi connectivity index (χ3v) is 3.67. The van der Waals surface area contributed by atoms with Crippen LogP contribution in [0.5, 0.6) is 5.75 Å². The predicted molar refractivity (Wildman–Crippen MR) is 70.0 cm³/mol. The number of hydrogen-bond donors (Lipinski definition) is 1. The number of aromatic carboxylic acids is 1. The van der Waals surface area contributed by atoms with Gasteiger partial charge in [0.25, 0.3) is 0 Å². The minimum Gasteiger partial charge on any atom is -0.480 e. The summed E-state index contributed by atoms with van der Waals surface area (Å²) in [6.45, 7) is 5.79. The summed E-state index contributed by atoms with van der Waals surface area (Å²) in [5.74, 6) is -1.65. The molecule has 1 aliphatic carbocycles. The summed E-state index contributed by atoms with van der Waals surface area (Å²) in [5, 5.41) is 8.94. The lowest BCUT2D eigenvalue weighted by atomic mass is 9.94. The smallest absolute Gasteiger partial charge is 0.335 e. The highest BCUT2D eigenvalue weighted by Crippen LogP contribution is 2.40. The van der Waals surface area contributed by atoms with Crippen LogP contribution >= 0.6 is 0 Å². The van der Waals surface area contributed by atoms with Crippen LogP contribution in [0.3, 0.4) is 0 Å². The molecule has 4 heteroatoms. The van der Waals surface area contributed by atoms with Crippen molar-refractivity contribution in [2.24, 2.45) is 0 Å². The Morgan fingerprint density at radius 3 is 2.58 bits per heavy atom. The number of carbonyl (C=O) groups is 1. The summed E-state index contributed by atoms with van der Waals surface area (Å²) in [7, 11) is 0. The van der Waals surface area contributed by atoms with Gasteiger partial charge in [-0.15, -0.1) is 0 Å². The van der Waals surface area contributed by atoms with Crippen LogP contribution in [-0.4, -0.2) is 16.7 Å². The topological polar surface area (TPSA) is 46.5 Å². The zero-order chi connectivity index (χ0) is 14.0. The summed E-state index contributed by atoms with van der Waals surface area (Å²) < 4.78 is 19.6. The molecule has 0 unspecified atom stereocenters. The molecule has 1 fully saturated rings. The van der Waals surface area contributed by atoms with Gasteiger partial charge in [0.1, 0.15) is 5.60 Å². The molecule has 1 saturated carbocycles. The van der Waals surface area contributed by atoms with Crippen LogP contribution in [0.4, 0.5) is 4.39 Å². The molecule has 1 aliphatic rings. The quantitative estimate of drug-likeness (QED) is 0.841. The predicted octanol–water partition coefficient (Wildman–Crippen LogP) is 3.79. The average molecular weight is 264 g/mol. The van der Waals surface area contributed by atoms with Gasteiger partial charge in [0.15, 0.2) is 11.6 Å². The van der Waals surface area contributed by atoms with E-state index in [2.05, 4.69) is 6.58 Å². The minimum absolute atomic E-state index is 0.00944. The normalized spacial score (nSPS) is 17.2. The first kappa shape index (κ1) is 13.6. The summed E-state index contributed by atoms with van der Waals surface area (Å²) in [6.07, 6.45) is 3.60. The van der Waals surface area contributed by atoms with E-state index in [0.717, 1.165) is 37.3 Å². The zero-order valence-corrected chi connectivity index (χ0v) is 10.9. The molecular weight excluding hydrogens is 247 g/mol. The van der Waals surface area contributed by atoms with Gasteiger partial charge in [0.05, 0.1) is 5.56 Å². The monoisotopic (exact) mass is 264 g/mol. The van der Waals surface area contributed by atoms with E-state index in [1.165, 1.54) is 12.1 Å². The third kappa shape index (κ3) is 2.62. The highest BCUT2D eigenvalue weighted by molar-refractivity contribution is 5.88. The van der Waals surface area contributed by atoms with Crippen LogP contribution in [0.1, 0.15) is 43.0 Å². The first-order valence-corrected chi connectivity index (χ1v) is 6.32. The van der Waals surface area contributed by atoms with Crippen molar-refractivity contribution in [1.82, 2.24) is 0 Å². The van der Waals surface area contributed by atoms with Crippen molar-refractivity contribution in [2.75, 3.05) is 0 Å². The summed E-state index contributed by atoms with van der Waals surface area (Å²) in [4.78, 5) is 10.9. The van der Waals surface area contributed by atoms with Crippen LogP contribution < -0.4 is 4.74 Å². The molecular formula is C15H17FO3. The Morgan fingerprint density at radius 2 is 2.05 bits per heavy atom. The Labute approximate surface area is 111 Å². The summed E-state index contributed by atoms with van der Waals surface area (Å²) >= 11 is 0. The van der Waals surface area contributed by atoms with Gasteiger partial charge in [-0.3, -0.25) is 0 Å². The fourth-order valence-corrected chi connectivity index (χ4v) is 2.49. The molecule has 0 spiro atoms. The van der Waals surface area contributed by atoms with E-state index >= 15 is 0 Å². The molecule has 102 valence electrons. The Balaban J connectivity index is 2.34. The Kier molecular flexibility index (Phi) is 3.60. The van der Waals surface area contributed by atoms with Crippen molar-refractivity contribution in [3.05, 3.63) is 41.7 Å². The second kappa shape index (κ2) is 5.03. The fraction of sp³-hybridized carbons (Fsp3) is 0.400. The van der Waals surface area contributed by atoms with Gasteiger partial charge in [0, 0.05) is 0 Å². The highest BCUT2D eigenvalue weighted by atomic mass is 19.1. The third-order valence-electron chi connectivity index (χ3n) is 3.67. The molecule has 1 aromatic carbocycles.